The largest absolute Gasteiger partial charge is 0.478 e. The van der Waals surface area contributed by atoms with Crippen molar-refractivity contribution in [1.82, 2.24) is 15.2 Å². The molecule has 0 saturated heterocycles. The zero-order valence-electron chi connectivity index (χ0n) is 11.3. The highest BCUT2D eigenvalue weighted by atomic mass is 16.4. The molecule has 2 aromatic rings. The topological polar surface area (TPSA) is 108 Å². The summed E-state index contributed by atoms with van der Waals surface area (Å²) >= 11 is 0. The predicted molar refractivity (Wildman–Crippen MR) is 71.9 cm³/mol. The van der Waals surface area contributed by atoms with E-state index in [9.17, 15) is 14.7 Å². The van der Waals surface area contributed by atoms with Crippen LogP contribution in [0.4, 0.5) is 5.95 Å². The summed E-state index contributed by atoms with van der Waals surface area (Å²) in [4.78, 5) is 27.5. The number of aromatic amines is 1. The maximum atomic E-state index is 12.3. The lowest BCUT2D eigenvalue weighted by Crippen LogP contribution is -2.19. The molecule has 2 rings (SSSR count). The van der Waals surface area contributed by atoms with Gasteiger partial charge in [0.05, 0.1) is 11.1 Å². The third-order valence-corrected chi connectivity index (χ3v) is 2.89. The van der Waals surface area contributed by atoms with Crippen LogP contribution in [0.1, 0.15) is 37.7 Å². The smallest absolute Gasteiger partial charge is 0.336 e. The van der Waals surface area contributed by atoms with Crippen molar-refractivity contribution in [2.75, 3.05) is 5.32 Å². The molecule has 7 nitrogen and oxygen atoms in total. The van der Waals surface area contributed by atoms with E-state index in [0.29, 0.717) is 17.0 Å². The van der Waals surface area contributed by atoms with Crippen molar-refractivity contribution in [3.05, 3.63) is 40.2 Å². The number of carboxylic acid groups (broad SMARTS) is 1. The van der Waals surface area contributed by atoms with Crippen molar-refractivity contribution in [2.45, 2.75) is 20.8 Å². The molecule has 20 heavy (non-hydrogen) atoms. The third kappa shape index (κ3) is 2.51. The Hall–Kier alpha value is -2.70. The summed E-state index contributed by atoms with van der Waals surface area (Å²) in [6, 6.07) is 3.38. The van der Waals surface area contributed by atoms with Gasteiger partial charge in [0.25, 0.3) is 5.91 Å². The summed E-state index contributed by atoms with van der Waals surface area (Å²) in [6.45, 7) is 5.03. The van der Waals surface area contributed by atoms with Crippen LogP contribution in [0.3, 0.4) is 0 Å². The lowest BCUT2D eigenvalue weighted by molar-refractivity contribution is 0.0691. The quantitative estimate of drug-likeness (QED) is 0.789. The molecule has 0 spiro atoms. The Labute approximate surface area is 115 Å². The number of carbonyl (C=O) groups excluding carboxylic acids is 1. The van der Waals surface area contributed by atoms with Crippen molar-refractivity contribution in [3.63, 3.8) is 0 Å². The number of amides is 1. The maximum absolute atomic E-state index is 12.3. The first-order valence-corrected chi connectivity index (χ1v) is 5.94. The van der Waals surface area contributed by atoms with Gasteiger partial charge in [-0.3, -0.25) is 15.2 Å². The first-order chi connectivity index (χ1) is 9.40. The lowest BCUT2D eigenvalue weighted by Gasteiger charge is -2.11. The highest BCUT2D eigenvalue weighted by Crippen LogP contribution is 2.20. The number of anilines is 1. The molecule has 0 saturated carbocycles. The van der Waals surface area contributed by atoms with E-state index in [1.54, 1.807) is 32.9 Å². The second-order valence-electron chi connectivity index (χ2n) is 4.45. The Morgan fingerprint density at radius 3 is 2.25 bits per heavy atom. The molecule has 7 heteroatoms. The molecule has 0 aliphatic heterocycles. The number of nitrogens with zero attached hydrogens (tertiary/aromatic N) is 2. The number of benzene rings is 1. The van der Waals surface area contributed by atoms with E-state index in [1.165, 1.54) is 0 Å². The Balaban J connectivity index is 2.43. The van der Waals surface area contributed by atoms with Crippen molar-refractivity contribution in [3.8, 4) is 0 Å². The molecule has 1 aromatic carbocycles. The second kappa shape index (κ2) is 5.12. The van der Waals surface area contributed by atoms with Gasteiger partial charge < -0.3 is 5.11 Å². The van der Waals surface area contributed by atoms with E-state index < -0.39 is 11.9 Å². The van der Waals surface area contributed by atoms with Crippen molar-refractivity contribution < 1.29 is 14.7 Å². The fourth-order valence-corrected chi connectivity index (χ4v) is 1.94. The molecule has 3 N–H and O–H groups in total. The molecule has 0 aliphatic rings. The molecule has 0 fully saturated rings. The van der Waals surface area contributed by atoms with Gasteiger partial charge in [-0.15, -0.1) is 5.10 Å². The van der Waals surface area contributed by atoms with Gasteiger partial charge in [-0.1, -0.05) is 12.1 Å². The average Bonchev–Trinajstić information content (AvgIpc) is 2.76. The summed E-state index contributed by atoms with van der Waals surface area (Å²) in [7, 11) is 0. The molecule has 0 radical (unpaired) electrons. The molecule has 1 heterocycles. The minimum atomic E-state index is -1.14. The van der Waals surface area contributed by atoms with Crippen molar-refractivity contribution in [1.29, 1.82) is 0 Å². The maximum Gasteiger partial charge on any atom is 0.336 e. The van der Waals surface area contributed by atoms with Crippen LogP contribution < -0.4 is 5.32 Å². The Bertz CT molecular complexity index is 691. The molecule has 0 bridgehead atoms. The molecular formula is C13H14N4O3. The summed E-state index contributed by atoms with van der Waals surface area (Å²) < 4.78 is 0. The number of aromatic nitrogens is 3. The molecule has 104 valence electrons. The number of hydrogen-bond acceptors (Lipinski definition) is 4. The molecule has 1 aromatic heterocycles. The van der Waals surface area contributed by atoms with Gasteiger partial charge in [0.15, 0.2) is 0 Å². The fraction of sp³-hybridized carbons (Fsp3) is 0.231. The van der Waals surface area contributed by atoms with Crippen LogP contribution >= 0.6 is 0 Å². The summed E-state index contributed by atoms with van der Waals surface area (Å²) in [5, 5.41) is 18.1. The molecule has 1 amide bonds. The van der Waals surface area contributed by atoms with E-state index in [-0.39, 0.29) is 17.1 Å². The average molecular weight is 274 g/mol. The van der Waals surface area contributed by atoms with Crippen LogP contribution in [0.15, 0.2) is 12.1 Å². The van der Waals surface area contributed by atoms with Gasteiger partial charge >= 0.3 is 5.97 Å². The zero-order chi connectivity index (χ0) is 14.9. The molecule has 0 atom stereocenters. The van der Waals surface area contributed by atoms with Gasteiger partial charge in [-0.25, -0.2) is 4.79 Å². The third-order valence-electron chi connectivity index (χ3n) is 2.89. The SMILES string of the molecule is Cc1nc(NC(=O)c2c(C)ccc(C)c2C(=O)O)n[nH]1. The van der Waals surface area contributed by atoms with E-state index >= 15 is 0 Å². The predicted octanol–water partition coefficient (Wildman–Crippen LogP) is 1.68. The number of carbonyl (C=O) groups is 2. The van der Waals surface area contributed by atoms with E-state index in [1.807, 2.05) is 0 Å². The minimum absolute atomic E-state index is 0.00485. The van der Waals surface area contributed by atoms with Crippen LogP contribution in [0.2, 0.25) is 0 Å². The zero-order valence-corrected chi connectivity index (χ0v) is 11.3. The normalized spacial score (nSPS) is 10.3. The van der Waals surface area contributed by atoms with E-state index in [4.69, 9.17) is 0 Å². The first-order valence-electron chi connectivity index (χ1n) is 5.94. The summed E-state index contributed by atoms with van der Waals surface area (Å²) in [5.41, 5.74) is 1.23. The Morgan fingerprint density at radius 2 is 1.75 bits per heavy atom. The molecule has 0 unspecified atom stereocenters. The van der Waals surface area contributed by atoms with Gasteiger partial charge in [0.2, 0.25) is 5.95 Å². The number of rotatable bonds is 3. The van der Waals surface area contributed by atoms with Crippen LogP contribution in [-0.2, 0) is 0 Å². The number of aryl methyl sites for hydroxylation is 3. The number of nitrogens with one attached hydrogen (secondary N) is 2. The van der Waals surface area contributed by atoms with Crippen LogP contribution in [0.25, 0.3) is 0 Å². The first kappa shape index (κ1) is 13.7. The standard InChI is InChI=1S/C13H14N4O3/c1-6-4-5-7(2)10(12(19)20)9(6)11(18)15-13-14-8(3)16-17-13/h4-5H,1-3H3,(H,19,20)(H2,14,15,16,17,18). The highest BCUT2D eigenvalue weighted by molar-refractivity contribution is 6.11. The molecule has 0 aliphatic carbocycles. The number of aromatic carboxylic acids is 1. The van der Waals surface area contributed by atoms with Crippen LogP contribution in [-0.4, -0.2) is 32.2 Å². The van der Waals surface area contributed by atoms with Gasteiger partial charge in [-0.2, -0.15) is 4.98 Å². The monoisotopic (exact) mass is 274 g/mol. The molecular weight excluding hydrogens is 260 g/mol. The van der Waals surface area contributed by atoms with E-state index in [2.05, 4.69) is 20.5 Å². The second-order valence-corrected chi connectivity index (χ2v) is 4.45. The Morgan fingerprint density at radius 1 is 1.15 bits per heavy atom. The van der Waals surface area contributed by atoms with Crippen molar-refractivity contribution >= 4 is 17.8 Å². The summed E-state index contributed by atoms with van der Waals surface area (Å²) in [5.74, 6) is -1.01. The fourth-order valence-electron chi connectivity index (χ4n) is 1.94. The number of H-pyrrole nitrogens is 1. The van der Waals surface area contributed by atoms with Crippen molar-refractivity contribution in [2.24, 2.45) is 0 Å². The van der Waals surface area contributed by atoms with Gasteiger partial charge in [0.1, 0.15) is 5.82 Å². The Kier molecular flexibility index (Phi) is 3.51. The number of hydrogen-bond donors (Lipinski definition) is 3. The lowest BCUT2D eigenvalue weighted by atomic mass is 9.96. The van der Waals surface area contributed by atoms with Crippen LogP contribution in [0.5, 0.6) is 0 Å². The summed E-state index contributed by atoms with van der Waals surface area (Å²) in [6.07, 6.45) is 0. The minimum Gasteiger partial charge on any atom is -0.478 e. The highest BCUT2D eigenvalue weighted by Gasteiger charge is 2.22. The van der Waals surface area contributed by atoms with Crippen LogP contribution in [0, 0.1) is 20.8 Å². The van der Waals surface area contributed by atoms with E-state index in [0.717, 1.165) is 0 Å². The number of carboxylic acids is 1. The van der Waals surface area contributed by atoms with Gasteiger partial charge in [-0.05, 0) is 31.9 Å². The van der Waals surface area contributed by atoms with Gasteiger partial charge in [0, 0.05) is 0 Å².